The van der Waals surface area contributed by atoms with E-state index in [1.807, 2.05) is 32.0 Å². The Morgan fingerprint density at radius 1 is 1.00 bits per heavy atom. The number of hydrogen-bond donors (Lipinski definition) is 0. The molecule has 2 aromatic rings. The number of aryl methyl sites for hydroxylation is 2. The van der Waals surface area contributed by atoms with Crippen molar-refractivity contribution in [1.29, 1.82) is 0 Å². The third-order valence-electron chi connectivity index (χ3n) is 6.95. The number of nitrogens with zero attached hydrogens (tertiary/aromatic N) is 1. The maximum atomic E-state index is 13.2. The molecule has 32 heavy (non-hydrogen) atoms. The SMILES string of the molecule is Cc1ccc(C)c(N2C(=O)c3ccc(C(=O)O[C@H]4C[C@H](C)CC[C@H]4C(C)C)cc3C2=O)c1. The smallest absolute Gasteiger partial charge is 0.338 e. The number of anilines is 1. The van der Waals surface area contributed by atoms with Crippen LogP contribution in [-0.2, 0) is 4.74 Å². The molecule has 1 aliphatic heterocycles. The third-order valence-corrected chi connectivity index (χ3v) is 6.95. The number of esters is 1. The molecular weight excluding hydrogens is 402 g/mol. The summed E-state index contributed by atoms with van der Waals surface area (Å²) in [6, 6.07) is 10.4. The van der Waals surface area contributed by atoms with Gasteiger partial charge in [0, 0.05) is 0 Å². The monoisotopic (exact) mass is 433 g/mol. The Hall–Kier alpha value is -2.95. The maximum absolute atomic E-state index is 13.2. The minimum Gasteiger partial charge on any atom is -0.458 e. The molecule has 2 amide bonds. The molecular formula is C27H31NO4. The molecule has 1 heterocycles. The van der Waals surface area contributed by atoms with Gasteiger partial charge in [0.1, 0.15) is 6.10 Å². The first-order valence-corrected chi connectivity index (χ1v) is 11.5. The van der Waals surface area contributed by atoms with E-state index in [-0.39, 0.29) is 17.6 Å². The normalized spacial score (nSPS) is 22.9. The van der Waals surface area contributed by atoms with Gasteiger partial charge in [0.25, 0.3) is 11.8 Å². The molecule has 0 spiro atoms. The van der Waals surface area contributed by atoms with Gasteiger partial charge in [-0.25, -0.2) is 9.69 Å². The van der Waals surface area contributed by atoms with Gasteiger partial charge in [0.15, 0.2) is 0 Å². The molecule has 5 heteroatoms. The van der Waals surface area contributed by atoms with Crippen LogP contribution in [0.4, 0.5) is 5.69 Å². The molecule has 0 bridgehead atoms. The molecule has 5 nitrogen and oxygen atoms in total. The fourth-order valence-electron chi connectivity index (χ4n) is 5.00. The Morgan fingerprint density at radius 2 is 1.72 bits per heavy atom. The lowest BCUT2D eigenvalue weighted by molar-refractivity contribution is -0.0174. The van der Waals surface area contributed by atoms with Crippen molar-refractivity contribution in [2.24, 2.45) is 17.8 Å². The fourth-order valence-corrected chi connectivity index (χ4v) is 5.00. The van der Waals surface area contributed by atoms with Crippen molar-refractivity contribution in [3.8, 4) is 0 Å². The number of amides is 2. The highest BCUT2D eigenvalue weighted by Crippen LogP contribution is 2.36. The Balaban J connectivity index is 1.60. The van der Waals surface area contributed by atoms with Crippen LogP contribution < -0.4 is 4.90 Å². The summed E-state index contributed by atoms with van der Waals surface area (Å²) in [4.78, 5) is 40.4. The average Bonchev–Trinajstić information content (AvgIpc) is 2.99. The first-order valence-electron chi connectivity index (χ1n) is 11.5. The maximum Gasteiger partial charge on any atom is 0.338 e. The largest absolute Gasteiger partial charge is 0.458 e. The van der Waals surface area contributed by atoms with Crippen LogP contribution in [0.2, 0.25) is 0 Å². The van der Waals surface area contributed by atoms with Crippen LogP contribution >= 0.6 is 0 Å². The molecule has 3 atom stereocenters. The van der Waals surface area contributed by atoms with Crippen LogP contribution in [0.3, 0.4) is 0 Å². The summed E-state index contributed by atoms with van der Waals surface area (Å²) in [7, 11) is 0. The number of imide groups is 1. The summed E-state index contributed by atoms with van der Waals surface area (Å²) in [6.07, 6.45) is 2.94. The summed E-state index contributed by atoms with van der Waals surface area (Å²) < 4.78 is 5.94. The predicted octanol–water partition coefficient (Wildman–Crippen LogP) is 5.72. The highest BCUT2D eigenvalue weighted by molar-refractivity contribution is 6.35. The van der Waals surface area contributed by atoms with Crippen LogP contribution in [0.15, 0.2) is 36.4 Å². The summed E-state index contributed by atoms with van der Waals surface area (Å²) in [5, 5.41) is 0. The summed E-state index contributed by atoms with van der Waals surface area (Å²) in [6.45, 7) is 10.3. The van der Waals surface area contributed by atoms with Gasteiger partial charge in [-0.3, -0.25) is 9.59 Å². The van der Waals surface area contributed by atoms with Crippen molar-refractivity contribution in [3.63, 3.8) is 0 Å². The van der Waals surface area contributed by atoms with Gasteiger partial charge < -0.3 is 4.74 Å². The number of hydrogen-bond acceptors (Lipinski definition) is 4. The van der Waals surface area contributed by atoms with E-state index in [9.17, 15) is 14.4 Å². The Morgan fingerprint density at radius 3 is 2.44 bits per heavy atom. The quantitative estimate of drug-likeness (QED) is 0.457. The Labute approximate surface area is 189 Å². The lowest BCUT2D eigenvalue weighted by Gasteiger charge is -2.36. The fraction of sp³-hybridized carbons (Fsp3) is 0.444. The molecule has 2 aromatic carbocycles. The topological polar surface area (TPSA) is 63.7 Å². The third kappa shape index (κ3) is 3.96. The first kappa shape index (κ1) is 22.3. The lowest BCUT2D eigenvalue weighted by Crippen LogP contribution is -2.35. The van der Waals surface area contributed by atoms with Crippen molar-refractivity contribution in [3.05, 3.63) is 64.2 Å². The van der Waals surface area contributed by atoms with E-state index in [0.717, 1.165) is 30.4 Å². The van der Waals surface area contributed by atoms with Crippen LogP contribution in [0, 0.1) is 31.6 Å². The molecule has 2 aliphatic rings. The second kappa shape index (κ2) is 8.53. The van der Waals surface area contributed by atoms with Crippen LogP contribution in [0.25, 0.3) is 0 Å². The number of rotatable bonds is 4. The van der Waals surface area contributed by atoms with Crippen molar-refractivity contribution in [2.45, 2.75) is 60.0 Å². The van der Waals surface area contributed by atoms with Gasteiger partial charge >= 0.3 is 5.97 Å². The molecule has 1 fully saturated rings. The molecule has 1 saturated carbocycles. The molecule has 1 aliphatic carbocycles. The molecule has 4 rings (SSSR count). The van der Waals surface area contributed by atoms with Gasteiger partial charge in [-0.05, 0) is 79.8 Å². The van der Waals surface area contributed by atoms with Gasteiger partial charge in [-0.2, -0.15) is 0 Å². The van der Waals surface area contributed by atoms with E-state index in [1.165, 1.54) is 11.0 Å². The number of fused-ring (bicyclic) bond motifs is 1. The van der Waals surface area contributed by atoms with Crippen LogP contribution in [0.5, 0.6) is 0 Å². The van der Waals surface area contributed by atoms with E-state index < -0.39 is 11.9 Å². The molecule has 0 saturated heterocycles. The lowest BCUT2D eigenvalue weighted by atomic mass is 9.75. The molecule has 0 unspecified atom stereocenters. The van der Waals surface area contributed by atoms with Gasteiger partial charge in [0.05, 0.1) is 22.4 Å². The summed E-state index contributed by atoms with van der Waals surface area (Å²) in [5.74, 6) is 0.105. The van der Waals surface area contributed by atoms with Crippen LogP contribution in [0.1, 0.15) is 82.2 Å². The Kier molecular flexibility index (Phi) is 5.93. The predicted molar refractivity (Wildman–Crippen MR) is 124 cm³/mol. The molecule has 168 valence electrons. The van der Waals surface area contributed by atoms with Gasteiger partial charge in [-0.1, -0.05) is 39.3 Å². The average molecular weight is 434 g/mol. The van der Waals surface area contributed by atoms with Crippen molar-refractivity contribution >= 4 is 23.5 Å². The summed E-state index contributed by atoms with van der Waals surface area (Å²) in [5.41, 5.74) is 3.27. The van der Waals surface area contributed by atoms with E-state index in [1.54, 1.807) is 12.1 Å². The second-order valence-corrected chi connectivity index (χ2v) is 9.77. The highest BCUT2D eigenvalue weighted by Gasteiger charge is 2.39. The minimum absolute atomic E-state index is 0.122. The minimum atomic E-state index is -0.428. The number of ether oxygens (including phenoxy) is 1. The summed E-state index contributed by atoms with van der Waals surface area (Å²) >= 11 is 0. The Bertz CT molecular complexity index is 1090. The van der Waals surface area contributed by atoms with Crippen molar-refractivity contribution in [1.82, 2.24) is 0 Å². The standard InChI is InChI=1S/C27H31NO4/c1-15(2)20-10-7-17(4)13-24(20)32-27(31)19-9-11-21-22(14-19)26(30)28(25(21)29)23-12-16(3)6-8-18(23)5/h6,8-9,11-12,14-15,17,20,24H,7,10,13H2,1-5H3/t17-,20+,24+/m1/s1. The molecule has 0 aromatic heterocycles. The van der Waals surface area contributed by atoms with Gasteiger partial charge in [-0.15, -0.1) is 0 Å². The van der Waals surface area contributed by atoms with E-state index in [0.29, 0.717) is 34.6 Å². The van der Waals surface area contributed by atoms with E-state index >= 15 is 0 Å². The number of carbonyl (C=O) groups excluding carboxylic acids is 3. The van der Waals surface area contributed by atoms with Crippen molar-refractivity contribution < 1.29 is 19.1 Å². The second-order valence-electron chi connectivity index (χ2n) is 9.77. The molecule has 0 N–H and O–H groups in total. The van der Waals surface area contributed by atoms with E-state index in [4.69, 9.17) is 4.74 Å². The first-order chi connectivity index (χ1) is 15.2. The number of carbonyl (C=O) groups is 3. The van der Waals surface area contributed by atoms with Gasteiger partial charge in [0.2, 0.25) is 0 Å². The highest BCUT2D eigenvalue weighted by atomic mass is 16.5. The number of benzene rings is 2. The zero-order chi connectivity index (χ0) is 23.2. The zero-order valence-electron chi connectivity index (χ0n) is 19.5. The van der Waals surface area contributed by atoms with E-state index in [2.05, 4.69) is 20.8 Å². The van der Waals surface area contributed by atoms with Crippen LogP contribution in [-0.4, -0.2) is 23.9 Å². The zero-order valence-corrected chi connectivity index (χ0v) is 19.5. The molecule has 0 radical (unpaired) electrons. The van der Waals surface area contributed by atoms with Crippen molar-refractivity contribution in [2.75, 3.05) is 4.90 Å².